The van der Waals surface area contributed by atoms with Crippen molar-refractivity contribution in [2.75, 3.05) is 39.3 Å². The fourth-order valence-corrected chi connectivity index (χ4v) is 3.88. The Balaban J connectivity index is 2.13. The highest BCUT2D eigenvalue weighted by Gasteiger charge is 2.22. The van der Waals surface area contributed by atoms with Gasteiger partial charge in [0, 0.05) is 44.8 Å². The lowest BCUT2D eigenvalue weighted by molar-refractivity contribution is 0.0715. The Labute approximate surface area is 157 Å². The van der Waals surface area contributed by atoms with Gasteiger partial charge in [0.1, 0.15) is 0 Å². The van der Waals surface area contributed by atoms with E-state index in [0.717, 1.165) is 13.1 Å². The van der Waals surface area contributed by atoms with E-state index >= 15 is 0 Å². The molecule has 1 N–H and O–H groups in total. The van der Waals surface area contributed by atoms with Crippen molar-refractivity contribution < 1.29 is 13.2 Å². The van der Waals surface area contributed by atoms with E-state index in [1.54, 1.807) is 12.1 Å². The SMILES string of the molecule is CC(C)CN(CC(C)C)C(=O)c1cccc(S(=O)(=O)NCCN2CC2)c1. The van der Waals surface area contributed by atoms with E-state index in [2.05, 4.69) is 37.3 Å². The average molecular weight is 382 g/mol. The van der Waals surface area contributed by atoms with Gasteiger partial charge in [-0.15, -0.1) is 0 Å². The van der Waals surface area contributed by atoms with E-state index in [1.165, 1.54) is 12.1 Å². The van der Waals surface area contributed by atoms with Crippen LogP contribution in [-0.4, -0.2) is 63.4 Å². The molecule has 1 aliphatic rings. The van der Waals surface area contributed by atoms with Crippen LogP contribution in [0.25, 0.3) is 0 Å². The molecule has 0 aromatic heterocycles. The number of carbonyl (C=O) groups excluding carboxylic acids is 1. The summed E-state index contributed by atoms with van der Waals surface area (Å²) in [5.41, 5.74) is 0.417. The number of sulfonamides is 1. The lowest BCUT2D eigenvalue weighted by Gasteiger charge is -2.26. The molecule has 0 saturated carbocycles. The molecule has 1 fully saturated rings. The highest BCUT2D eigenvalue weighted by molar-refractivity contribution is 7.89. The van der Waals surface area contributed by atoms with Gasteiger partial charge in [0.15, 0.2) is 0 Å². The van der Waals surface area contributed by atoms with Crippen molar-refractivity contribution in [1.29, 1.82) is 0 Å². The molecule has 0 unspecified atom stereocenters. The van der Waals surface area contributed by atoms with Gasteiger partial charge in [-0.3, -0.25) is 9.69 Å². The Morgan fingerprint density at radius 1 is 1.15 bits per heavy atom. The third kappa shape index (κ3) is 6.37. The third-order valence-electron chi connectivity index (χ3n) is 4.11. The molecule has 6 nitrogen and oxygen atoms in total. The first-order valence-electron chi connectivity index (χ1n) is 9.30. The van der Waals surface area contributed by atoms with Gasteiger partial charge in [0.2, 0.25) is 10.0 Å². The number of hydrogen-bond donors (Lipinski definition) is 1. The maximum absolute atomic E-state index is 12.9. The molecule has 7 heteroatoms. The lowest BCUT2D eigenvalue weighted by Crippen LogP contribution is -2.37. The Bertz CT molecular complexity index is 702. The summed E-state index contributed by atoms with van der Waals surface area (Å²) in [7, 11) is -3.60. The highest BCUT2D eigenvalue weighted by atomic mass is 32.2. The maximum atomic E-state index is 12.9. The van der Waals surface area contributed by atoms with Crippen molar-refractivity contribution in [3.63, 3.8) is 0 Å². The number of nitrogens with zero attached hydrogens (tertiary/aromatic N) is 2. The standard InChI is InChI=1S/C19H31N3O3S/c1-15(2)13-22(14-16(3)4)19(23)17-6-5-7-18(12-17)26(24,25)20-8-9-21-10-11-21/h5-7,12,15-16,20H,8-11,13-14H2,1-4H3. The first kappa shape index (κ1) is 20.9. The second kappa shape index (κ2) is 8.97. The molecule has 26 heavy (non-hydrogen) atoms. The second-order valence-corrected chi connectivity index (χ2v) is 9.53. The summed E-state index contributed by atoms with van der Waals surface area (Å²) >= 11 is 0. The van der Waals surface area contributed by atoms with Gasteiger partial charge in [-0.05, 0) is 30.0 Å². The number of rotatable bonds is 10. The van der Waals surface area contributed by atoms with Crippen molar-refractivity contribution in [3.8, 4) is 0 Å². The quantitative estimate of drug-likeness (QED) is 0.630. The van der Waals surface area contributed by atoms with Crippen LogP contribution in [0.3, 0.4) is 0 Å². The van der Waals surface area contributed by atoms with E-state index < -0.39 is 10.0 Å². The molecule has 0 spiro atoms. The second-order valence-electron chi connectivity index (χ2n) is 7.77. The monoisotopic (exact) mass is 381 g/mol. The molecule has 0 aliphatic carbocycles. The summed E-state index contributed by atoms with van der Waals surface area (Å²) in [4.78, 5) is 17.0. The van der Waals surface area contributed by atoms with Gasteiger partial charge in [-0.1, -0.05) is 33.8 Å². The molecular weight excluding hydrogens is 350 g/mol. The Kier molecular flexibility index (Phi) is 7.20. The largest absolute Gasteiger partial charge is 0.338 e. The first-order chi connectivity index (χ1) is 12.2. The number of nitrogens with one attached hydrogen (secondary N) is 1. The minimum absolute atomic E-state index is 0.117. The van der Waals surface area contributed by atoms with Gasteiger partial charge in [-0.2, -0.15) is 0 Å². The van der Waals surface area contributed by atoms with E-state index in [9.17, 15) is 13.2 Å². The van der Waals surface area contributed by atoms with Crippen LogP contribution >= 0.6 is 0 Å². The van der Waals surface area contributed by atoms with Crippen molar-refractivity contribution in [2.24, 2.45) is 11.8 Å². The Morgan fingerprint density at radius 3 is 2.31 bits per heavy atom. The van der Waals surface area contributed by atoms with Crippen LogP contribution in [0.2, 0.25) is 0 Å². The Hall–Kier alpha value is -1.44. The topological polar surface area (TPSA) is 69.5 Å². The molecule has 0 atom stereocenters. The van der Waals surface area contributed by atoms with Crippen LogP contribution in [0, 0.1) is 11.8 Å². The fourth-order valence-electron chi connectivity index (χ4n) is 2.82. The van der Waals surface area contributed by atoms with Crippen LogP contribution in [-0.2, 0) is 10.0 Å². The highest BCUT2D eigenvalue weighted by Crippen LogP contribution is 2.15. The van der Waals surface area contributed by atoms with Gasteiger partial charge in [0.05, 0.1) is 4.90 Å². The van der Waals surface area contributed by atoms with Crippen molar-refractivity contribution in [3.05, 3.63) is 29.8 Å². The zero-order valence-electron chi connectivity index (χ0n) is 16.2. The molecule has 1 saturated heterocycles. The van der Waals surface area contributed by atoms with Gasteiger partial charge in [0.25, 0.3) is 5.91 Å². The predicted octanol–water partition coefficient (Wildman–Crippen LogP) is 2.03. The molecule has 1 heterocycles. The lowest BCUT2D eigenvalue weighted by atomic mass is 10.1. The molecule has 2 rings (SSSR count). The predicted molar refractivity (Wildman–Crippen MR) is 104 cm³/mol. The van der Waals surface area contributed by atoms with Crippen LogP contribution < -0.4 is 4.72 Å². The summed E-state index contributed by atoms with van der Waals surface area (Å²) in [6, 6.07) is 6.33. The zero-order chi connectivity index (χ0) is 19.3. The zero-order valence-corrected chi connectivity index (χ0v) is 17.1. The summed E-state index contributed by atoms with van der Waals surface area (Å²) in [6.45, 7) is 12.8. The van der Waals surface area contributed by atoms with E-state index in [1.807, 2.05) is 4.90 Å². The van der Waals surface area contributed by atoms with E-state index in [0.29, 0.717) is 43.6 Å². The van der Waals surface area contributed by atoms with Gasteiger partial charge in [-0.25, -0.2) is 13.1 Å². The van der Waals surface area contributed by atoms with Gasteiger partial charge < -0.3 is 4.90 Å². The normalized spacial score (nSPS) is 14.8. The fraction of sp³-hybridized carbons (Fsp3) is 0.632. The van der Waals surface area contributed by atoms with Crippen LogP contribution in [0.5, 0.6) is 0 Å². The number of hydrogen-bond acceptors (Lipinski definition) is 4. The van der Waals surface area contributed by atoms with Crippen molar-refractivity contribution in [2.45, 2.75) is 32.6 Å². The van der Waals surface area contributed by atoms with Gasteiger partial charge >= 0.3 is 0 Å². The molecule has 0 radical (unpaired) electrons. The smallest absolute Gasteiger partial charge is 0.253 e. The molecule has 146 valence electrons. The summed E-state index contributed by atoms with van der Waals surface area (Å²) in [5, 5.41) is 0. The molecular formula is C19H31N3O3S. The molecule has 0 bridgehead atoms. The molecule has 1 aliphatic heterocycles. The first-order valence-corrected chi connectivity index (χ1v) is 10.8. The average Bonchev–Trinajstić information content (AvgIpc) is 3.37. The summed E-state index contributed by atoms with van der Waals surface area (Å²) < 4.78 is 27.6. The minimum Gasteiger partial charge on any atom is -0.338 e. The molecule has 1 amide bonds. The van der Waals surface area contributed by atoms with Crippen LogP contribution in [0.1, 0.15) is 38.1 Å². The van der Waals surface area contributed by atoms with E-state index in [-0.39, 0.29) is 10.8 Å². The van der Waals surface area contributed by atoms with Crippen LogP contribution in [0.4, 0.5) is 0 Å². The number of benzene rings is 1. The number of carbonyl (C=O) groups is 1. The van der Waals surface area contributed by atoms with Crippen LogP contribution in [0.15, 0.2) is 29.2 Å². The summed E-state index contributed by atoms with van der Waals surface area (Å²) in [5.74, 6) is 0.584. The maximum Gasteiger partial charge on any atom is 0.253 e. The molecule has 1 aromatic carbocycles. The van der Waals surface area contributed by atoms with Crippen molar-refractivity contribution >= 4 is 15.9 Å². The molecule has 1 aromatic rings. The van der Waals surface area contributed by atoms with E-state index in [4.69, 9.17) is 0 Å². The van der Waals surface area contributed by atoms with Crippen molar-refractivity contribution in [1.82, 2.24) is 14.5 Å². The Morgan fingerprint density at radius 2 is 1.77 bits per heavy atom. The third-order valence-corrected chi connectivity index (χ3v) is 5.57. The summed E-state index contributed by atoms with van der Waals surface area (Å²) in [6.07, 6.45) is 0. The number of amides is 1. The minimum atomic E-state index is -3.60.